The van der Waals surface area contributed by atoms with Gasteiger partial charge in [0.1, 0.15) is 0 Å². The fourth-order valence-electron chi connectivity index (χ4n) is 3.07. The van der Waals surface area contributed by atoms with E-state index in [9.17, 15) is 22.8 Å². The van der Waals surface area contributed by atoms with Crippen molar-refractivity contribution in [1.29, 1.82) is 0 Å². The first kappa shape index (κ1) is 23.0. The number of carbonyl (C=O) groups excluding carboxylic acids is 3. The van der Waals surface area contributed by atoms with Gasteiger partial charge in [0.2, 0.25) is 15.9 Å². The van der Waals surface area contributed by atoms with Crippen LogP contribution in [-0.2, 0) is 24.3 Å². The maximum Gasteiger partial charge on any atom is 0.331 e. The zero-order valence-corrected chi connectivity index (χ0v) is 18.2. The van der Waals surface area contributed by atoms with Crippen molar-refractivity contribution in [3.05, 3.63) is 65.7 Å². The number of nitrogens with one attached hydrogen (secondary N) is 1. The number of rotatable bonds is 7. The van der Waals surface area contributed by atoms with Crippen LogP contribution in [0.2, 0.25) is 0 Å². The lowest BCUT2D eigenvalue weighted by molar-refractivity contribution is -0.148. The number of hydrogen-bond acceptors (Lipinski definition) is 6. The molecule has 0 aromatic heterocycles. The summed E-state index contributed by atoms with van der Waals surface area (Å²) in [7, 11) is -3.25. The smallest absolute Gasteiger partial charge is 0.331 e. The minimum Gasteiger partial charge on any atom is -0.449 e. The lowest BCUT2D eigenvalue weighted by Crippen LogP contribution is -2.29. The van der Waals surface area contributed by atoms with Gasteiger partial charge in [-0.25, -0.2) is 13.2 Å². The molecular weight excluding hydrogens is 434 g/mol. The van der Waals surface area contributed by atoms with Gasteiger partial charge in [0.05, 0.1) is 11.4 Å². The molecule has 1 saturated heterocycles. The number of ether oxygens (including phenoxy) is 1. The zero-order valence-electron chi connectivity index (χ0n) is 17.4. The van der Waals surface area contributed by atoms with Crippen molar-refractivity contribution in [2.75, 3.05) is 21.9 Å². The molecule has 0 bridgehead atoms. The van der Waals surface area contributed by atoms with E-state index in [1.165, 1.54) is 47.6 Å². The van der Waals surface area contributed by atoms with Crippen molar-refractivity contribution in [3.8, 4) is 0 Å². The summed E-state index contributed by atoms with van der Waals surface area (Å²) in [4.78, 5) is 35.3. The number of carbonyl (C=O) groups is 3. The molecular formula is C22H23N3O6S. The van der Waals surface area contributed by atoms with E-state index >= 15 is 0 Å². The molecule has 3 N–H and O–H groups in total. The lowest BCUT2D eigenvalue weighted by atomic mass is 10.2. The van der Waals surface area contributed by atoms with Gasteiger partial charge in [-0.3, -0.25) is 13.9 Å². The van der Waals surface area contributed by atoms with E-state index in [2.05, 4.69) is 5.32 Å². The van der Waals surface area contributed by atoms with Gasteiger partial charge in [0.15, 0.2) is 6.10 Å². The molecule has 0 spiro atoms. The zero-order chi connectivity index (χ0) is 23.3. The van der Waals surface area contributed by atoms with Gasteiger partial charge < -0.3 is 15.8 Å². The highest BCUT2D eigenvalue weighted by atomic mass is 32.2. The van der Waals surface area contributed by atoms with E-state index < -0.39 is 33.9 Å². The molecule has 1 aliphatic heterocycles. The van der Waals surface area contributed by atoms with E-state index in [0.29, 0.717) is 35.5 Å². The average Bonchev–Trinajstić information content (AvgIpc) is 3.12. The second-order valence-corrected chi connectivity index (χ2v) is 9.19. The van der Waals surface area contributed by atoms with Crippen LogP contribution in [-0.4, -0.2) is 44.6 Å². The summed E-state index contributed by atoms with van der Waals surface area (Å²) < 4.78 is 30.4. The van der Waals surface area contributed by atoms with Gasteiger partial charge in [-0.15, -0.1) is 0 Å². The molecule has 9 nitrogen and oxygen atoms in total. The normalized spacial score (nSPS) is 16.0. The third-order valence-corrected chi connectivity index (χ3v) is 6.66. The SMILES string of the molecule is CC(OC(=O)/C=C/c1ccc(N2CCCS2(=O)=O)cc1)C(=O)Nc1ccc(C(N)=O)cc1. The number of amides is 2. The Balaban J connectivity index is 1.53. The molecule has 168 valence electrons. The van der Waals surface area contributed by atoms with Crippen LogP contribution in [0.15, 0.2) is 54.6 Å². The fraction of sp³-hybridized carbons (Fsp3) is 0.227. The highest BCUT2D eigenvalue weighted by Gasteiger charge is 2.28. The largest absolute Gasteiger partial charge is 0.449 e. The number of hydrogen-bond donors (Lipinski definition) is 2. The predicted octanol–water partition coefficient (Wildman–Crippen LogP) is 1.91. The molecule has 2 amide bonds. The van der Waals surface area contributed by atoms with Crippen LogP contribution in [0.5, 0.6) is 0 Å². The minimum atomic E-state index is -3.25. The van der Waals surface area contributed by atoms with Crippen molar-refractivity contribution in [1.82, 2.24) is 0 Å². The van der Waals surface area contributed by atoms with E-state index in [-0.39, 0.29) is 5.75 Å². The van der Waals surface area contributed by atoms with Crippen LogP contribution in [0, 0.1) is 0 Å². The van der Waals surface area contributed by atoms with Crippen molar-refractivity contribution >= 4 is 45.3 Å². The summed E-state index contributed by atoms with van der Waals surface area (Å²) >= 11 is 0. The quantitative estimate of drug-likeness (QED) is 0.481. The standard InChI is InChI=1S/C22H23N3O6S/c1-15(22(28)24-18-8-6-17(7-9-18)21(23)27)31-20(26)12-5-16-3-10-19(11-4-16)25-13-2-14-32(25,29)30/h3-12,15H,2,13-14H2,1H3,(H2,23,27)(H,24,28)/b12-5+. The Bertz CT molecular complexity index is 1140. The van der Waals surface area contributed by atoms with E-state index in [1.54, 1.807) is 24.3 Å². The average molecular weight is 458 g/mol. The number of benzene rings is 2. The van der Waals surface area contributed by atoms with Crippen LogP contribution in [0.3, 0.4) is 0 Å². The maximum atomic E-state index is 12.2. The van der Waals surface area contributed by atoms with E-state index in [0.717, 1.165) is 0 Å². The Kier molecular flexibility index (Phi) is 6.94. The molecule has 1 heterocycles. The van der Waals surface area contributed by atoms with Crippen molar-refractivity contribution in [3.63, 3.8) is 0 Å². The fourth-order valence-corrected chi connectivity index (χ4v) is 4.64. The summed E-state index contributed by atoms with van der Waals surface area (Å²) in [6.45, 7) is 1.89. The van der Waals surface area contributed by atoms with E-state index in [4.69, 9.17) is 10.5 Å². The summed E-state index contributed by atoms with van der Waals surface area (Å²) in [5.74, 6) is -1.67. The third-order valence-electron chi connectivity index (χ3n) is 4.79. The van der Waals surface area contributed by atoms with Gasteiger partial charge >= 0.3 is 5.97 Å². The van der Waals surface area contributed by atoms with Gasteiger partial charge in [-0.1, -0.05) is 12.1 Å². The second kappa shape index (κ2) is 9.65. The first-order valence-electron chi connectivity index (χ1n) is 9.85. The van der Waals surface area contributed by atoms with Crippen molar-refractivity contribution < 1.29 is 27.5 Å². The Hall–Kier alpha value is -3.66. The predicted molar refractivity (Wildman–Crippen MR) is 120 cm³/mol. The molecule has 1 unspecified atom stereocenters. The first-order valence-corrected chi connectivity index (χ1v) is 11.5. The molecule has 2 aromatic rings. The van der Waals surface area contributed by atoms with Crippen molar-refractivity contribution in [2.24, 2.45) is 5.73 Å². The van der Waals surface area contributed by atoms with Gasteiger partial charge in [-0.05, 0) is 61.4 Å². The molecule has 1 aliphatic rings. The molecule has 3 rings (SSSR count). The van der Waals surface area contributed by atoms with Gasteiger partial charge in [0, 0.05) is 23.9 Å². The van der Waals surface area contributed by atoms with Crippen LogP contribution in [0.4, 0.5) is 11.4 Å². The first-order chi connectivity index (χ1) is 15.2. The highest BCUT2D eigenvalue weighted by molar-refractivity contribution is 7.93. The van der Waals surface area contributed by atoms with E-state index in [1.807, 2.05) is 0 Å². The molecule has 32 heavy (non-hydrogen) atoms. The highest BCUT2D eigenvalue weighted by Crippen LogP contribution is 2.24. The monoisotopic (exact) mass is 457 g/mol. The number of primary amides is 1. The molecule has 2 aromatic carbocycles. The number of sulfonamides is 1. The lowest BCUT2D eigenvalue weighted by Gasteiger charge is -2.16. The Morgan fingerprint density at radius 2 is 1.75 bits per heavy atom. The molecule has 0 radical (unpaired) electrons. The number of nitrogens with zero attached hydrogens (tertiary/aromatic N) is 1. The molecule has 10 heteroatoms. The summed E-state index contributed by atoms with van der Waals surface area (Å²) in [6, 6.07) is 12.7. The van der Waals surface area contributed by atoms with Crippen LogP contribution >= 0.6 is 0 Å². The molecule has 0 saturated carbocycles. The van der Waals surface area contributed by atoms with Crippen LogP contribution in [0.1, 0.15) is 29.3 Å². The molecule has 1 fully saturated rings. The van der Waals surface area contributed by atoms with Crippen LogP contribution < -0.4 is 15.4 Å². The second-order valence-electron chi connectivity index (χ2n) is 7.18. The minimum absolute atomic E-state index is 0.144. The summed E-state index contributed by atoms with van der Waals surface area (Å²) in [5, 5.41) is 2.58. The van der Waals surface area contributed by atoms with Gasteiger partial charge in [-0.2, -0.15) is 0 Å². The van der Waals surface area contributed by atoms with Gasteiger partial charge in [0.25, 0.3) is 5.91 Å². The number of anilines is 2. The third kappa shape index (κ3) is 5.73. The Morgan fingerprint density at radius 3 is 2.31 bits per heavy atom. The number of esters is 1. The van der Waals surface area contributed by atoms with Crippen LogP contribution in [0.25, 0.3) is 6.08 Å². The Morgan fingerprint density at radius 1 is 1.09 bits per heavy atom. The Labute approximate surface area is 185 Å². The topological polar surface area (TPSA) is 136 Å². The van der Waals surface area contributed by atoms with Crippen molar-refractivity contribution in [2.45, 2.75) is 19.4 Å². The molecule has 0 aliphatic carbocycles. The number of nitrogens with two attached hydrogens (primary N) is 1. The molecule has 1 atom stereocenters. The summed E-state index contributed by atoms with van der Waals surface area (Å²) in [6.07, 6.45) is 2.25. The maximum absolute atomic E-state index is 12.2. The summed E-state index contributed by atoms with van der Waals surface area (Å²) in [5.41, 5.74) is 7.16.